The topological polar surface area (TPSA) is 118 Å². The lowest BCUT2D eigenvalue weighted by Crippen LogP contribution is -2.36. The van der Waals surface area contributed by atoms with Crippen molar-refractivity contribution < 1.29 is 22.7 Å². The molecule has 1 aliphatic heterocycles. The molecule has 1 aliphatic rings. The van der Waals surface area contributed by atoms with Crippen LogP contribution in [0.4, 0.5) is 10.8 Å². The van der Waals surface area contributed by atoms with Gasteiger partial charge in [-0.25, -0.2) is 13.4 Å². The molecule has 0 saturated carbocycles. The van der Waals surface area contributed by atoms with Crippen LogP contribution < -0.4 is 14.8 Å². The van der Waals surface area contributed by atoms with Gasteiger partial charge in [-0.3, -0.25) is 19.2 Å². The number of nitrogens with one attached hydrogen (secondary N) is 2. The molecular formula is C22H18N4O5S4. The van der Waals surface area contributed by atoms with E-state index in [9.17, 15) is 18.0 Å². The van der Waals surface area contributed by atoms with Crippen molar-refractivity contribution in [2.45, 2.75) is 4.90 Å². The van der Waals surface area contributed by atoms with E-state index in [0.29, 0.717) is 16.3 Å². The number of aromatic nitrogens is 1. The van der Waals surface area contributed by atoms with E-state index < -0.39 is 15.9 Å². The van der Waals surface area contributed by atoms with Crippen LogP contribution in [0.2, 0.25) is 0 Å². The summed E-state index contributed by atoms with van der Waals surface area (Å²) in [5, 5.41) is 4.56. The lowest BCUT2D eigenvalue weighted by atomic mass is 10.2. The van der Waals surface area contributed by atoms with E-state index in [1.54, 1.807) is 30.7 Å². The Hall–Kier alpha value is -3.26. The first-order valence-electron chi connectivity index (χ1n) is 9.97. The van der Waals surface area contributed by atoms with Crippen molar-refractivity contribution in [3.8, 4) is 5.75 Å². The molecule has 2 heterocycles. The fourth-order valence-electron chi connectivity index (χ4n) is 3.00. The summed E-state index contributed by atoms with van der Waals surface area (Å²) in [6.45, 7) is -0.268. The summed E-state index contributed by atoms with van der Waals surface area (Å²) in [4.78, 5) is 30.9. The SMILES string of the molecule is COc1ccc(/C=C2/SC(=S)N(CC(=O)Nc3ccc(S(=O)(=O)Nc4nccs4)cc3)C2=O)cc1. The molecule has 1 aromatic heterocycles. The van der Waals surface area contributed by atoms with Crippen LogP contribution in [-0.2, 0) is 19.6 Å². The van der Waals surface area contributed by atoms with Crippen LogP contribution in [-0.4, -0.2) is 48.1 Å². The molecule has 0 atom stereocenters. The first-order chi connectivity index (χ1) is 16.7. The number of methoxy groups -OCH3 is 1. The zero-order valence-corrected chi connectivity index (χ0v) is 21.4. The molecule has 0 radical (unpaired) electrons. The Morgan fingerprint density at radius 1 is 1.17 bits per heavy atom. The minimum Gasteiger partial charge on any atom is -0.497 e. The van der Waals surface area contributed by atoms with E-state index in [4.69, 9.17) is 17.0 Å². The lowest BCUT2D eigenvalue weighted by molar-refractivity contribution is -0.126. The molecule has 9 nitrogen and oxygen atoms in total. The van der Waals surface area contributed by atoms with Gasteiger partial charge in [-0.1, -0.05) is 36.1 Å². The smallest absolute Gasteiger partial charge is 0.266 e. The highest BCUT2D eigenvalue weighted by molar-refractivity contribution is 8.26. The Kier molecular flexibility index (Phi) is 7.50. The number of thioether (sulfide) groups is 1. The third kappa shape index (κ3) is 6.06. The molecular weight excluding hydrogens is 529 g/mol. The third-order valence-electron chi connectivity index (χ3n) is 4.69. The summed E-state index contributed by atoms with van der Waals surface area (Å²) in [5.41, 5.74) is 1.18. The first-order valence-corrected chi connectivity index (χ1v) is 13.6. The van der Waals surface area contributed by atoms with Crippen LogP contribution in [0.15, 0.2) is 69.9 Å². The van der Waals surface area contributed by atoms with Gasteiger partial charge in [0.1, 0.15) is 16.6 Å². The third-order valence-corrected chi connectivity index (χ3v) is 8.24. The van der Waals surface area contributed by atoms with Gasteiger partial charge >= 0.3 is 0 Å². The molecule has 2 aromatic carbocycles. The fourth-order valence-corrected chi connectivity index (χ4v) is 6.04. The normalized spacial score (nSPS) is 14.9. The Morgan fingerprint density at radius 3 is 2.51 bits per heavy atom. The van der Waals surface area contributed by atoms with Gasteiger partial charge in [0.15, 0.2) is 5.13 Å². The van der Waals surface area contributed by atoms with Crippen LogP contribution in [0.5, 0.6) is 5.75 Å². The molecule has 3 aromatic rings. The molecule has 0 unspecified atom stereocenters. The number of benzene rings is 2. The number of thiocarbonyl (C=S) groups is 1. The van der Waals surface area contributed by atoms with Crippen molar-refractivity contribution in [1.82, 2.24) is 9.88 Å². The van der Waals surface area contributed by atoms with Gasteiger partial charge in [0.25, 0.3) is 15.9 Å². The van der Waals surface area contributed by atoms with Crippen LogP contribution in [0.25, 0.3) is 6.08 Å². The number of carbonyl (C=O) groups excluding carboxylic acids is 2. The molecule has 0 aliphatic carbocycles. The first kappa shape index (κ1) is 24.9. The molecule has 13 heteroatoms. The van der Waals surface area contributed by atoms with Crippen LogP contribution >= 0.6 is 35.3 Å². The van der Waals surface area contributed by atoms with Crippen molar-refractivity contribution in [3.63, 3.8) is 0 Å². The fraction of sp³-hybridized carbons (Fsp3) is 0.0909. The van der Waals surface area contributed by atoms with Crippen LogP contribution in [0, 0.1) is 0 Å². The maximum atomic E-state index is 12.8. The van der Waals surface area contributed by atoms with Gasteiger partial charge < -0.3 is 10.1 Å². The zero-order chi connectivity index (χ0) is 25.0. The van der Waals surface area contributed by atoms with E-state index in [0.717, 1.165) is 28.7 Å². The van der Waals surface area contributed by atoms with E-state index >= 15 is 0 Å². The number of amides is 2. The largest absolute Gasteiger partial charge is 0.497 e. The second kappa shape index (κ2) is 10.6. The van der Waals surface area contributed by atoms with Crippen molar-refractivity contribution in [3.05, 3.63) is 70.6 Å². The van der Waals surface area contributed by atoms with Crippen molar-refractivity contribution in [2.75, 3.05) is 23.7 Å². The maximum absolute atomic E-state index is 12.8. The molecule has 1 fully saturated rings. The monoisotopic (exact) mass is 546 g/mol. The average Bonchev–Trinajstić information content (AvgIpc) is 3.43. The second-order valence-electron chi connectivity index (χ2n) is 7.06. The standard InChI is InChI=1S/C22H18N4O5S4/c1-31-16-6-2-14(3-7-16)12-18-20(28)26(22(32)34-18)13-19(27)24-15-4-8-17(9-5-15)35(29,30)25-21-23-10-11-33-21/h2-12H,13H2,1H3,(H,23,25)(H,24,27)/b18-12+. The number of hydrogen-bond donors (Lipinski definition) is 2. The van der Waals surface area contributed by atoms with Gasteiger partial charge in [-0.15, -0.1) is 11.3 Å². The molecule has 0 bridgehead atoms. The second-order valence-corrected chi connectivity index (χ2v) is 11.3. The van der Waals surface area contributed by atoms with Gasteiger partial charge in [0, 0.05) is 17.3 Å². The minimum atomic E-state index is -3.80. The number of anilines is 2. The maximum Gasteiger partial charge on any atom is 0.266 e. The minimum absolute atomic E-state index is 0.0197. The predicted octanol–water partition coefficient (Wildman–Crippen LogP) is 3.79. The number of thiazole rings is 1. The van der Waals surface area contributed by atoms with Crippen molar-refractivity contribution in [2.24, 2.45) is 0 Å². The summed E-state index contributed by atoms with van der Waals surface area (Å²) in [6, 6.07) is 12.8. The summed E-state index contributed by atoms with van der Waals surface area (Å²) in [6.07, 6.45) is 3.20. The predicted molar refractivity (Wildman–Crippen MR) is 141 cm³/mol. The van der Waals surface area contributed by atoms with Crippen molar-refractivity contribution in [1.29, 1.82) is 0 Å². The molecule has 0 spiro atoms. The summed E-state index contributed by atoms with van der Waals surface area (Å²) in [5.74, 6) is -0.128. The Bertz CT molecular complexity index is 1390. The number of carbonyl (C=O) groups is 2. The number of sulfonamides is 1. The van der Waals surface area contributed by atoms with E-state index in [2.05, 4.69) is 15.0 Å². The average molecular weight is 547 g/mol. The molecule has 1 saturated heterocycles. The van der Waals surface area contributed by atoms with Gasteiger partial charge in [0.05, 0.1) is 16.9 Å². The summed E-state index contributed by atoms with van der Waals surface area (Å²) < 4.78 is 32.6. The number of hydrogen-bond acceptors (Lipinski definition) is 9. The van der Waals surface area contributed by atoms with Crippen molar-refractivity contribution >= 4 is 78.4 Å². The molecule has 2 amide bonds. The summed E-state index contributed by atoms with van der Waals surface area (Å²) in [7, 11) is -2.23. The van der Waals surface area contributed by atoms with E-state index in [-0.39, 0.29) is 26.8 Å². The van der Waals surface area contributed by atoms with Gasteiger partial charge in [-0.2, -0.15) is 0 Å². The lowest BCUT2D eigenvalue weighted by Gasteiger charge is -2.14. The highest BCUT2D eigenvalue weighted by Crippen LogP contribution is 2.32. The van der Waals surface area contributed by atoms with E-state index in [1.165, 1.54) is 35.4 Å². The highest BCUT2D eigenvalue weighted by Gasteiger charge is 2.33. The summed E-state index contributed by atoms with van der Waals surface area (Å²) >= 11 is 7.57. The van der Waals surface area contributed by atoms with Gasteiger partial charge in [0.2, 0.25) is 5.91 Å². The van der Waals surface area contributed by atoms with Crippen LogP contribution in [0.3, 0.4) is 0 Å². The molecule has 180 valence electrons. The highest BCUT2D eigenvalue weighted by atomic mass is 32.2. The Balaban J connectivity index is 1.37. The Labute approximate surface area is 215 Å². The quantitative estimate of drug-likeness (QED) is 0.324. The number of ether oxygens (including phenoxy) is 1. The Morgan fingerprint density at radius 2 is 1.89 bits per heavy atom. The van der Waals surface area contributed by atoms with Crippen LogP contribution in [0.1, 0.15) is 5.56 Å². The molecule has 35 heavy (non-hydrogen) atoms. The molecule has 4 rings (SSSR count). The number of rotatable bonds is 8. The number of nitrogens with zero attached hydrogens (tertiary/aromatic N) is 2. The van der Waals surface area contributed by atoms with Gasteiger partial charge in [-0.05, 0) is 48.0 Å². The molecule has 2 N–H and O–H groups in total. The zero-order valence-electron chi connectivity index (χ0n) is 18.1. The van der Waals surface area contributed by atoms with E-state index in [1.807, 2.05) is 12.1 Å².